The van der Waals surface area contributed by atoms with Gasteiger partial charge < -0.3 is 4.74 Å². The number of carbonyl (C=O) groups is 1. The first-order valence-electron chi connectivity index (χ1n) is 4.51. The monoisotopic (exact) mass is 321 g/mol. The van der Waals surface area contributed by atoms with Gasteiger partial charge in [0, 0.05) is 3.57 Å². The number of hydrogen-bond acceptors (Lipinski definition) is 2. The fourth-order valence-corrected chi connectivity index (χ4v) is 1.80. The number of anilines is 1. The van der Waals surface area contributed by atoms with E-state index in [2.05, 4.69) is 0 Å². The second-order valence-electron chi connectivity index (χ2n) is 3.40. The first-order valence-corrected chi connectivity index (χ1v) is 5.59. The first-order chi connectivity index (χ1) is 7.08. The van der Waals surface area contributed by atoms with Gasteiger partial charge in [-0.05, 0) is 47.7 Å². The Balaban J connectivity index is 2.30. The highest BCUT2D eigenvalue weighted by Gasteiger charge is 2.29. The van der Waals surface area contributed by atoms with Crippen molar-refractivity contribution in [2.75, 3.05) is 11.4 Å². The molecule has 1 saturated heterocycles. The number of halogens is 2. The maximum atomic E-state index is 13.3. The van der Waals surface area contributed by atoms with Crippen LogP contribution >= 0.6 is 22.6 Å². The molecule has 1 aromatic rings. The highest BCUT2D eigenvalue weighted by Crippen LogP contribution is 2.24. The minimum atomic E-state index is -0.414. The van der Waals surface area contributed by atoms with E-state index in [1.807, 2.05) is 22.6 Å². The number of carbonyl (C=O) groups excluding carboxylic acids is 1. The summed E-state index contributed by atoms with van der Waals surface area (Å²) in [4.78, 5) is 12.8. The molecular weight excluding hydrogens is 312 g/mol. The van der Waals surface area contributed by atoms with Gasteiger partial charge in [-0.2, -0.15) is 0 Å². The quantitative estimate of drug-likeness (QED) is 0.745. The van der Waals surface area contributed by atoms with Gasteiger partial charge in [0.1, 0.15) is 11.9 Å². The molecule has 1 atom stereocenters. The summed E-state index contributed by atoms with van der Waals surface area (Å²) in [6, 6.07) is 4.70. The summed E-state index contributed by atoms with van der Waals surface area (Å²) in [5.41, 5.74) is 0.544. The zero-order valence-corrected chi connectivity index (χ0v) is 10.2. The highest BCUT2D eigenvalue weighted by molar-refractivity contribution is 14.1. The largest absolute Gasteiger partial charge is 0.444 e. The van der Waals surface area contributed by atoms with E-state index in [9.17, 15) is 9.18 Å². The number of cyclic esters (lactones) is 1. The van der Waals surface area contributed by atoms with Crippen LogP contribution in [0.5, 0.6) is 0 Å². The van der Waals surface area contributed by atoms with Crippen molar-refractivity contribution in [3.63, 3.8) is 0 Å². The Labute approximate surface area is 100 Å². The minimum absolute atomic E-state index is 0.139. The van der Waals surface area contributed by atoms with E-state index in [1.165, 1.54) is 11.0 Å². The molecule has 0 radical (unpaired) electrons. The zero-order chi connectivity index (χ0) is 11.0. The molecular formula is C10H9FINO2. The number of benzene rings is 1. The van der Waals surface area contributed by atoms with E-state index in [4.69, 9.17) is 4.74 Å². The summed E-state index contributed by atoms with van der Waals surface area (Å²) in [5, 5.41) is 0. The Kier molecular flexibility index (Phi) is 2.81. The third kappa shape index (κ3) is 2.06. The molecule has 15 heavy (non-hydrogen) atoms. The predicted molar refractivity (Wildman–Crippen MR) is 62.4 cm³/mol. The van der Waals surface area contributed by atoms with Gasteiger partial charge in [0.15, 0.2) is 0 Å². The Morgan fingerprint density at radius 3 is 2.87 bits per heavy atom. The molecule has 0 N–H and O–H groups in total. The molecule has 1 fully saturated rings. The summed E-state index contributed by atoms with van der Waals surface area (Å²) in [5.74, 6) is -0.319. The topological polar surface area (TPSA) is 29.5 Å². The lowest BCUT2D eigenvalue weighted by atomic mass is 10.3. The number of rotatable bonds is 1. The third-order valence-corrected chi connectivity index (χ3v) is 3.05. The molecule has 0 unspecified atom stereocenters. The number of nitrogens with zero attached hydrogens (tertiary/aromatic N) is 1. The van der Waals surface area contributed by atoms with Crippen molar-refractivity contribution in [3.05, 3.63) is 27.6 Å². The summed E-state index contributed by atoms with van der Waals surface area (Å²) < 4.78 is 18.8. The van der Waals surface area contributed by atoms with E-state index in [1.54, 1.807) is 19.1 Å². The van der Waals surface area contributed by atoms with Crippen molar-refractivity contribution in [1.82, 2.24) is 0 Å². The molecule has 3 nitrogen and oxygen atoms in total. The highest BCUT2D eigenvalue weighted by atomic mass is 127. The molecule has 0 bridgehead atoms. The van der Waals surface area contributed by atoms with Crippen molar-refractivity contribution < 1.29 is 13.9 Å². The van der Waals surface area contributed by atoms with Gasteiger partial charge in [-0.1, -0.05) is 0 Å². The van der Waals surface area contributed by atoms with Gasteiger partial charge in [0.2, 0.25) is 0 Å². The lowest BCUT2D eigenvalue weighted by molar-refractivity contribution is 0.150. The number of hydrogen-bond donors (Lipinski definition) is 0. The van der Waals surface area contributed by atoms with E-state index in [0.29, 0.717) is 15.8 Å². The molecule has 0 aromatic heterocycles. The van der Waals surface area contributed by atoms with Gasteiger partial charge in [-0.15, -0.1) is 0 Å². The van der Waals surface area contributed by atoms with Gasteiger partial charge in [-0.3, -0.25) is 4.90 Å². The van der Waals surface area contributed by atoms with Gasteiger partial charge >= 0.3 is 6.09 Å². The molecule has 0 spiro atoms. The van der Waals surface area contributed by atoms with E-state index in [-0.39, 0.29) is 11.9 Å². The van der Waals surface area contributed by atoms with Crippen LogP contribution in [0.2, 0.25) is 0 Å². The van der Waals surface area contributed by atoms with E-state index in [0.717, 1.165) is 0 Å². The standard InChI is InChI=1S/C10H9FINO2/c1-6-5-13(10(14)15-6)7-2-3-9(12)8(11)4-7/h2-4,6H,5H2,1H3/t6-/m0/s1. The summed E-state index contributed by atoms with van der Waals surface area (Å²) in [7, 11) is 0. The molecule has 1 aromatic carbocycles. The second kappa shape index (κ2) is 3.96. The maximum Gasteiger partial charge on any atom is 0.414 e. The van der Waals surface area contributed by atoms with Crippen LogP contribution in [-0.4, -0.2) is 18.7 Å². The molecule has 2 rings (SSSR count). The van der Waals surface area contributed by atoms with Gasteiger partial charge in [-0.25, -0.2) is 9.18 Å². The van der Waals surface area contributed by atoms with Crippen LogP contribution in [0.25, 0.3) is 0 Å². The van der Waals surface area contributed by atoms with E-state index < -0.39 is 6.09 Å². The summed E-state index contributed by atoms with van der Waals surface area (Å²) in [6.45, 7) is 2.28. The Hall–Kier alpha value is -0.850. The van der Waals surface area contributed by atoms with Crippen LogP contribution in [0.4, 0.5) is 14.9 Å². The normalized spacial score (nSPS) is 20.6. The van der Waals surface area contributed by atoms with Crippen LogP contribution in [-0.2, 0) is 4.74 Å². The molecule has 1 aliphatic rings. The van der Waals surface area contributed by atoms with E-state index >= 15 is 0 Å². The first kappa shape index (κ1) is 10.7. The van der Waals surface area contributed by atoms with Crippen molar-refractivity contribution in [2.45, 2.75) is 13.0 Å². The Morgan fingerprint density at radius 1 is 1.60 bits per heavy atom. The Bertz CT molecular complexity index is 410. The third-order valence-electron chi connectivity index (χ3n) is 2.18. The fourth-order valence-electron chi connectivity index (χ4n) is 1.47. The zero-order valence-electron chi connectivity index (χ0n) is 8.04. The smallest absolute Gasteiger partial charge is 0.414 e. The minimum Gasteiger partial charge on any atom is -0.444 e. The number of amides is 1. The van der Waals surface area contributed by atoms with Crippen LogP contribution in [0.1, 0.15) is 6.92 Å². The van der Waals surface area contributed by atoms with Crippen molar-refractivity contribution in [2.24, 2.45) is 0 Å². The fraction of sp³-hybridized carbons (Fsp3) is 0.300. The van der Waals surface area contributed by atoms with Crippen molar-refractivity contribution >= 4 is 34.4 Å². The molecule has 1 aliphatic heterocycles. The van der Waals surface area contributed by atoms with Crippen molar-refractivity contribution in [3.8, 4) is 0 Å². The summed E-state index contributed by atoms with van der Waals surface area (Å²) in [6.07, 6.45) is -0.553. The summed E-state index contributed by atoms with van der Waals surface area (Å²) >= 11 is 1.90. The maximum absolute atomic E-state index is 13.3. The van der Waals surface area contributed by atoms with Crippen molar-refractivity contribution in [1.29, 1.82) is 0 Å². The average Bonchev–Trinajstić information content (AvgIpc) is 2.50. The molecule has 1 heterocycles. The lowest BCUT2D eigenvalue weighted by Gasteiger charge is -2.12. The average molecular weight is 321 g/mol. The molecule has 80 valence electrons. The lowest BCUT2D eigenvalue weighted by Crippen LogP contribution is -2.24. The van der Waals surface area contributed by atoms with Crippen LogP contribution in [0.3, 0.4) is 0 Å². The van der Waals surface area contributed by atoms with Crippen LogP contribution in [0, 0.1) is 9.39 Å². The van der Waals surface area contributed by atoms with Crippen LogP contribution in [0.15, 0.2) is 18.2 Å². The van der Waals surface area contributed by atoms with Gasteiger partial charge in [0.05, 0.1) is 12.2 Å². The van der Waals surface area contributed by atoms with Crippen LogP contribution < -0.4 is 4.90 Å². The van der Waals surface area contributed by atoms with Gasteiger partial charge in [0.25, 0.3) is 0 Å². The second-order valence-corrected chi connectivity index (χ2v) is 4.57. The SMILES string of the molecule is C[C@H]1CN(c2ccc(I)c(F)c2)C(=O)O1. The molecule has 0 saturated carbocycles. The molecule has 1 amide bonds. The number of ether oxygens (including phenoxy) is 1. The molecule has 0 aliphatic carbocycles. The predicted octanol–water partition coefficient (Wildman–Crippen LogP) is 2.78. The molecule has 5 heteroatoms. The Morgan fingerprint density at radius 2 is 2.33 bits per heavy atom.